The molecule has 0 nitrogen and oxygen atoms in total. The molecule has 0 bridgehead atoms. The first-order chi connectivity index (χ1) is 0. The third-order valence-corrected chi connectivity index (χ3v) is 0. The van der Waals surface area contributed by atoms with Gasteiger partial charge in [-0.05, 0) is 0 Å². The molecule has 0 aliphatic heterocycles. The first kappa shape index (κ1) is 140. The summed E-state index contributed by atoms with van der Waals surface area (Å²) in [5, 5.41) is 0. The monoisotopic (exact) mass is 172 g/mol. The number of hydrogen-bond donors (Lipinski definition) is 0. The van der Waals surface area contributed by atoms with E-state index in [0.29, 0.717) is 0 Å². The third-order valence-electron chi connectivity index (χ3n) is 0. The molecule has 0 aromatic heterocycles. The second kappa shape index (κ2) is 86.9. The smallest absolute Gasteiger partial charge is 1.00 e. The first-order valence-corrected chi connectivity index (χ1v) is 0. The van der Waals surface area contributed by atoms with Crippen LogP contribution in [0.3, 0.4) is 0 Å². The van der Waals surface area contributed by atoms with Crippen LogP contribution in [0.25, 0.3) is 0 Å². The topological polar surface area (TPSA) is 0 Å². The Morgan fingerprint density at radius 1 is 0.333 bits per heavy atom. The molecule has 0 saturated heterocycles. The molecule has 0 heterocycles. The van der Waals surface area contributed by atoms with E-state index in [1.807, 2.05) is 0 Å². The fraction of sp³-hybridized carbons (Fsp3) is 0. The summed E-state index contributed by atoms with van der Waals surface area (Å²) in [5.41, 5.74) is 0. The van der Waals surface area contributed by atoms with Gasteiger partial charge >= 0.3 is 39.0 Å². The van der Waals surface area contributed by atoms with Crippen LogP contribution in [-0.4, -0.2) is 33.7 Å². The summed E-state index contributed by atoms with van der Waals surface area (Å²) in [4.78, 5) is 0. The van der Waals surface area contributed by atoms with Crippen LogP contribution < -0.4 is 0 Å². The second-order valence-corrected chi connectivity index (χ2v) is 0. The van der Waals surface area contributed by atoms with Crippen molar-refractivity contribution in [2.24, 2.45) is 0 Å². The molecule has 0 aromatic rings. The Bertz CT molecular complexity index is 5.51. The zero-order chi connectivity index (χ0) is 0. The van der Waals surface area contributed by atoms with Gasteiger partial charge in [-0.3, -0.25) is 0 Å². The summed E-state index contributed by atoms with van der Waals surface area (Å²) >= 11 is 0. The molecule has 6 heteroatoms. The van der Waals surface area contributed by atoms with E-state index in [1.165, 1.54) is 0 Å². The summed E-state index contributed by atoms with van der Waals surface area (Å²) in [7, 11) is 0. The van der Waals surface area contributed by atoms with E-state index >= 15 is 0 Å². The Hall–Kier alpha value is 1.51. The van der Waals surface area contributed by atoms with Crippen molar-refractivity contribution in [1.29, 1.82) is 0 Å². The molecule has 0 amide bonds. The van der Waals surface area contributed by atoms with Crippen molar-refractivity contribution in [2.45, 2.75) is 0 Å². The van der Waals surface area contributed by atoms with Crippen molar-refractivity contribution in [1.82, 2.24) is 0 Å². The molecule has 0 atom stereocenters. The van der Waals surface area contributed by atoms with Gasteiger partial charge in [0.15, 0.2) is 0 Å². The SMILES string of the molecule is [B-].[B-].[B-].[B-].[Zn+2].[Zn+2]. The van der Waals surface area contributed by atoms with Crippen molar-refractivity contribution < 1.29 is 39.0 Å². The predicted molar refractivity (Wildman–Crippen MR) is 23.0 cm³/mol. The molecule has 6 heavy (non-hydrogen) atoms. The van der Waals surface area contributed by atoms with Gasteiger partial charge in [0.25, 0.3) is 0 Å². The number of hydrogen-bond acceptors (Lipinski definition) is 0. The fourth-order valence-corrected chi connectivity index (χ4v) is 0. The largest absolute Gasteiger partial charge is 2.00 e. The minimum atomic E-state index is 0. The van der Waals surface area contributed by atoms with Gasteiger partial charge in [-0.2, -0.15) is 0 Å². The van der Waals surface area contributed by atoms with Gasteiger partial charge in [-0.15, -0.1) is 0 Å². The Labute approximate surface area is 72.4 Å². The van der Waals surface area contributed by atoms with Crippen LogP contribution in [0.15, 0.2) is 0 Å². The summed E-state index contributed by atoms with van der Waals surface area (Å²) in [6, 6.07) is 0. The molecule has 16 valence electrons. The zero-order valence-corrected chi connectivity index (χ0v) is 9.66. The molecule has 16 radical (unpaired) electrons. The Morgan fingerprint density at radius 2 is 0.333 bits per heavy atom. The van der Waals surface area contributed by atoms with Gasteiger partial charge in [0, 0.05) is 0 Å². The maximum atomic E-state index is 0. The molecule has 0 N–H and O–H groups in total. The van der Waals surface area contributed by atoms with Gasteiger partial charge in [-0.25, -0.2) is 0 Å². The molecule has 0 fully saturated rings. The van der Waals surface area contributed by atoms with Crippen LogP contribution in [0.2, 0.25) is 0 Å². The predicted octanol–water partition coefficient (Wildman–Crippen LogP) is -1.53. The molecule has 0 aliphatic rings. The molecular weight excluding hydrogens is 174 g/mol. The van der Waals surface area contributed by atoms with Crippen LogP contribution in [-0.2, 0) is 39.0 Å². The van der Waals surface area contributed by atoms with E-state index in [-0.39, 0.29) is 72.6 Å². The van der Waals surface area contributed by atoms with E-state index in [1.54, 1.807) is 0 Å². The van der Waals surface area contributed by atoms with Gasteiger partial charge in [0.2, 0.25) is 0 Å². The Morgan fingerprint density at radius 3 is 0.333 bits per heavy atom. The molecular formula is B4Zn2. The minimum Gasteiger partial charge on any atom is -1.00 e. The average molecular weight is 174 g/mol. The zero-order valence-electron chi connectivity index (χ0n) is 3.72. The van der Waals surface area contributed by atoms with E-state index in [0.717, 1.165) is 0 Å². The van der Waals surface area contributed by atoms with E-state index in [2.05, 4.69) is 0 Å². The van der Waals surface area contributed by atoms with Gasteiger partial charge in [0.1, 0.15) is 0 Å². The van der Waals surface area contributed by atoms with Crippen molar-refractivity contribution in [3.63, 3.8) is 0 Å². The normalized spacial score (nSPS) is 0. The standard InChI is InChI=1S/4B.2Zn/q4*-1;2*+2. The Kier molecular flexibility index (Phi) is 2030. The van der Waals surface area contributed by atoms with Gasteiger partial charge in [0.05, 0.1) is 0 Å². The van der Waals surface area contributed by atoms with E-state index in [4.69, 9.17) is 0 Å². The first-order valence-electron chi connectivity index (χ1n) is 0. The van der Waals surface area contributed by atoms with Gasteiger partial charge < -0.3 is 33.7 Å². The quantitative estimate of drug-likeness (QED) is 0.391. The summed E-state index contributed by atoms with van der Waals surface area (Å²) in [6.45, 7) is 0. The molecule has 0 saturated carbocycles. The van der Waals surface area contributed by atoms with Crippen molar-refractivity contribution in [2.75, 3.05) is 0 Å². The van der Waals surface area contributed by atoms with Crippen LogP contribution in [0.1, 0.15) is 0 Å². The molecule has 0 aliphatic carbocycles. The molecule has 0 aromatic carbocycles. The third kappa shape index (κ3) is 49.3. The van der Waals surface area contributed by atoms with Crippen LogP contribution in [0, 0.1) is 0 Å². The average Bonchev–Trinajstić information content (AvgIpc) is 0. The Balaban J connectivity index is 0. The minimum absolute atomic E-state index is 0. The summed E-state index contributed by atoms with van der Waals surface area (Å²) in [5.74, 6) is 0. The number of rotatable bonds is 0. The van der Waals surface area contributed by atoms with Gasteiger partial charge in [-0.1, -0.05) is 0 Å². The summed E-state index contributed by atoms with van der Waals surface area (Å²) in [6.07, 6.45) is 0. The van der Waals surface area contributed by atoms with Crippen LogP contribution in [0.5, 0.6) is 0 Å². The van der Waals surface area contributed by atoms with E-state index < -0.39 is 0 Å². The van der Waals surface area contributed by atoms with E-state index in [9.17, 15) is 0 Å². The molecule has 0 spiro atoms. The molecule has 0 rings (SSSR count). The van der Waals surface area contributed by atoms with Crippen molar-refractivity contribution in [3.8, 4) is 0 Å². The maximum absolute atomic E-state index is 0. The van der Waals surface area contributed by atoms with Crippen LogP contribution in [0.4, 0.5) is 0 Å². The van der Waals surface area contributed by atoms with Crippen molar-refractivity contribution >= 4 is 33.7 Å². The fourth-order valence-electron chi connectivity index (χ4n) is 0. The second-order valence-electron chi connectivity index (χ2n) is 0. The maximum Gasteiger partial charge on any atom is 2.00 e. The van der Waals surface area contributed by atoms with Crippen molar-refractivity contribution in [3.05, 3.63) is 0 Å². The molecule has 0 unspecified atom stereocenters. The summed E-state index contributed by atoms with van der Waals surface area (Å²) < 4.78 is 0. The van der Waals surface area contributed by atoms with Crippen LogP contribution >= 0.6 is 0 Å².